The Morgan fingerprint density at radius 3 is 2.04 bits per heavy atom. The second-order valence-electron chi connectivity index (χ2n) is 5.58. The highest BCUT2D eigenvalue weighted by molar-refractivity contribution is 5.99. The van der Waals surface area contributed by atoms with Crippen molar-refractivity contribution in [2.24, 2.45) is 5.92 Å². The van der Waals surface area contributed by atoms with Crippen LogP contribution < -0.4 is 10.0 Å². The van der Waals surface area contributed by atoms with Crippen molar-refractivity contribution >= 4 is 23.3 Å². The highest BCUT2D eigenvalue weighted by Crippen LogP contribution is 2.28. The fourth-order valence-corrected chi connectivity index (χ4v) is 2.72. The van der Waals surface area contributed by atoms with Gasteiger partial charge < -0.3 is 14.8 Å². The van der Waals surface area contributed by atoms with Crippen molar-refractivity contribution in [2.75, 3.05) is 11.4 Å². The molecule has 0 radical (unpaired) electrons. The van der Waals surface area contributed by atoms with Crippen LogP contribution in [-0.4, -0.2) is 23.3 Å². The molecule has 2 aromatic carbocycles. The molecule has 0 unspecified atom stereocenters. The van der Waals surface area contributed by atoms with E-state index in [0.717, 1.165) is 11.1 Å². The number of rotatable bonds is 4. The van der Waals surface area contributed by atoms with Gasteiger partial charge in [-0.25, -0.2) is 0 Å². The van der Waals surface area contributed by atoms with Gasteiger partial charge in [-0.05, 0) is 35.4 Å². The smallest absolute Gasteiger partial charge is 0.269 e. The first-order chi connectivity index (χ1) is 11.5. The average molecular weight is 325 g/mol. The standard InChI is InChI=1S/C17H14N2O5/c20-16-9-13(17(21)22)10-18(16)14-5-1-11(2-6-14)12-3-7-15(8-4-12)19(23)24/h1-8,13H,9-10H2,(H,21,22)/p-1/t13-/m0/s1. The van der Waals surface area contributed by atoms with E-state index in [2.05, 4.69) is 0 Å². The van der Waals surface area contributed by atoms with E-state index in [1.165, 1.54) is 17.0 Å². The Morgan fingerprint density at radius 1 is 1.04 bits per heavy atom. The molecule has 1 amide bonds. The molecule has 2 aromatic rings. The molecule has 0 aromatic heterocycles. The van der Waals surface area contributed by atoms with Gasteiger partial charge in [-0.1, -0.05) is 12.1 Å². The van der Waals surface area contributed by atoms with Crippen LogP contribution in [0.3, 0.4) is 0 Å². The number of carbonyl (C=O) groups excluding carboxylic acids is 2. The Hall–Kier alpha value is -3.22. The Bertz CT molecular complexity index is 799. The summed E-state index contributed by atoms with van der Waals surface area (Å²) in [5.74, 6) is -2.24. The third-order valence-electron chi connectivity index (χ3n) is 4.05. The molecule has 0 saturated carbocycles. The molecule has 1 heterocycles. The van der Waals surface area contributed by atoms with Crippen molar-refractivity contribution in [1.29, 1.82) is 0 Å². The van der Waals surface area contributed by atoms with Crippen LogP contribution in [-0.2, 0) is 9.59 Å². The number of carbonyl (C=O) groups is 2. The average Bonchev–Trinajstić information content (AvgIpc) is 2.97. The van der Waals surface area contributed by atoms with Gasteiger partial charge in [-0.15, -0.1) is 0 Å². The molecule has 0 spiro atoms. The summed E-state index contributed by atoms with van der Waals surface area (Å²) in [5, 5.41) is 21.6. The van der Waals surface area contributed by atoms with Gasteiger partial charge in [0.15, 0.2) is 0 Å². The summed E-state index contributed by atoms with van der Waals surface area (Å²) in [6.45, 7) is 0.109. The number of anilines is 1. The van der Waals surface area contributed by atoms with Gasteiger partial charge in [0.25, 0.3) is 5.69 Å². The lowest BCUT2D eigenvalue weighted by Crippen LogP contribution is -2.33. The largest absolute Gasteiger partial charge is 0.550 e. The van der Waals surface area contributed by atoms with Crippen LogP contribution in [0.25, 0.3) is 11.1 Å². The van der Waals surface area contributed by atoms with Gasteiger partial charge in [0.05, 0.1) is 4.92 Å². The second-order valence-corrected chi connectivity index (χ2v) is 5.58. The molecular weight excluding hydrogens is 312 g/mol. The highest BCUT2D eigenvalue weighted by atomic mass is 16.6. The number of hydrogen-bond donors (Lipinski definition) is 0. The van der Waals surface area contributed by atoms with Crippen LogP contribution in [0.2, 0.25) is 0 Å². The maximum absolute atomic E-state index is 11.9. The van der Waals surface area contributed by atoms with E-state index < -0.39 is 16.8 Å². The molecule has 1 fully saturated rings. The molecule has 7 nitrogen and oxygen atoms in total. The molecule has 122 valence electrons. The molecule has 0 bridgehead atoms. The van der Waals surface area contributed by atoms with Crippen LogP contribution in [0.1, 0.15) is 6.42 Å². The number of non-ortho nitro benzene ring substituents is 1. The second kappa shape index (κ2) is 6.11. The van der Waals surface area contributed by atoms with Crippen LogP contribution in [0.4, 0.5) is 11.4 Å². The zero-order chi connectivity index (χ0) is 17.3. The number of hydrogen-bond acceptors (Lipinski definition) is 5. The summed E-state index contributed by atoms with van der Waals surface area (Å²) in [6.07, 6.45) is -0.0492. The Kier molecular flexibility index (Phi) is 3.99. The Labute approximate surface area is 137 Å². The molecule has 1 aliphatic heterocycles. The summed E-state index contributed by atoms with van der Waals surface area (Å²) < 4.78 is 0. The third-order valence-corrected chi connectivity index (χ3v) is 4.05. The number of benzene rings is 2. The van der Waals surface area contributed by atoms with Crippen molar-refractivity contribution in [3.05, 3.63) is 58.6 Å². The summed E-state index contributed by atoms with van der Waals surface area (Å²) >= 11 is 0. The van der Waals surface area contributed by atoms with E-state index in [-0.39, 0.29) is 24.6 Å². The maximum atomic E-state index is 11.9. The maximum Gasteiger partial charge on any atom is 0.269 e. The van der Waals surface area contributed by atoms with Gasteiger partial charge in [-0.3, -0.25) is 14.9 Å². The lowest BCUT2D eigenvalue weighted by molar-refractivity contribution is -0.384. The SMILES string of the molecule is O=C([O-])[C@H]1CC(=O)N(c2ccc(-c3ccc([N+](=O)[O-])cc3)cc2)C1. The third kappa shape index (κ3) is 2.96. The van der Waals surface area contributed by atoms with Gasteiger partial charge >= 0.3 is 0 Å². The number of amides is 1. The fraction of sp³-hybridized carbons (Fsp3) is 0.176. The van der Waals surface area contributed by atoms with E-state index in [9.17, 15) is 24.8 Å². The van der Waals surface area contributed by atoms with E-state index in [1.54, 1.807) is 36.4 Å². The van der Waals surface area contributed by atoms with E-state index in [0.29, 0.717) is 5.69 Å². The number of nitrogens with zero attached hydrogens (tertiary/aromatic N) is 2. The monoisotopic (exact) mass is 325 g/mol. The molecule has 3 rings (SSSR count). The quantitative estimate of drug-likeness (QED) is 0.623. The first-order valence-corrected chi connectivity index (χ1v) is 7.32. The summed E-state index contributed by atoms with van der Waals surface area (Å²) in [7, 11) is 0. The first-order valence-electron chi connectivity index (χ1n) is 7.32. The zero-order valence-electron chi connectivity index (χ0n) is 12.5. The molecule has 0 aliphatic carbocycles. The van der Waals surface area contributed by atoms with Crippen molar-refractivity contribution in [1.82, 2.24) is 0 Å². The van der Waals surface area contributed by atoms with Crippen LogP contribution in [0.5, 0.6) is 0 Å². The first kappa shape index (κ1) is 15.7. The molecular formula is C17H13N2O5-. The lowest BCUT2D eigenvalue weighted by Gasteiger charge is -2.17. The van der Waals surface area contributed by atoms with Gasteiger partial charge in [0, 0.05) is 42.7 Å². The van der Waals surface area contributed by atoms with Gasteiger partial charge in [0.2, 0.25) is 5.91 Å². The molecule has 1 aliphatic rings. The van der Waals surface area contributed by atoms with E-state index in [1.807, 2.05) is 0 Å². The van der Waals surface area contributed by atoms with Crippen molar-refractivity contribution in [3.63, 3.8) is 0 Å². The minimum atomic E-state index is -1.21. The summed E-state index contributed by atoms with van der Waals surface area (Å²) in [4.78, 5) is 34.5. The minimum Gasteiger partial charge on any atom is -0.550 e. The lowest BCUT2D eigenvalue weighted by atomic mass is 10.0. The predicted molar refractivity (Wildman–Crippen MR) is 84.0 cm³/mol. The van der Waals surface area contributed by atoms with E-state index in [4.69, 9.17) is 0 Å². The Balaban J connectivity index is 1.79. The zero-order valence-corrected chi connectivity index (χ0v) is 12.5. The van der Waals surface area contributed by atoms with Crippen LogP contribution in [0.15, 0.2) is 48.5 Å². The number of nitro groups is 1. The summed E-state index contributed by atoms with van der Waals surface area (Å²) in [6, 6.07) is 13.2. The Morgan fingerprint density at radius 2 is 1.58 bits per heavy atom. The van der Waals surface area contributed by atoms with Crippen molar-refractivity contribution in [3.8, 4) is 11.1 Å². The normalized spacial score (nSPS) is 17.1. The van der Waals surface area contributed by atoms with E-state index >= 15 is 0 Å². The minimum absolute atomic E-state index is 0.0198. The van der Waals surface area contributed by atoms with Crippen molar-refractivity contribution < 1.29 is 19.6 Å². The predicted octanol–water partition coefficient (Wildman–Crippen LogP) is 1.36. The van der Waals surface area contributed by atoms with Gasteiger partial charge in [0.1, 0.15) is 0 Å². The fourth-order valence-electron chi connectivity index (χ4n) is 2.72. The molecule has 24 heavy (non-hydrogen) atoms. The molecule has 7 heteroatoms. The topological polar surface area (TPSA) is 104 Å². The summed E-state index contributed by atoms with van der Waals surface area (Å²) in [5.41, 5.74) is 2.30. The number of nitro benzene ring substituents is 1. The molecule has 1 saturated heterocycles. The number of aliphatic carboxylic acids is 1. The molecule has 0 N–H and O–H groups in total. The number of carboxylic acids is 1. The number of carboxylic acid groups (broad SMARTS) is 1. The van der Waals surface area contributed by atoms with Crippen LogP contribution in [0, 0.1) is 16.0 Å². The van der Waals surface area contributed by atoms with Crippen molar-refractivity contribution in [2.45, 2.75) is 6.42 Å². The highest BCUT2D eigenvalue weighted by Gasteiger charge is 2.31. The van der Waals surface area contributed by atoms with Gasteiger partial charge in [-0.2, -0.15) is 0 Å². The molecule has 1 atom stereocenters. The van der Waals surface area contributed by atoms with Crippen LogP contribution >= 0.6 is 0 Å².